The first kappa shape index (κ1) is 11.4. The molecule has 1 fully saturated rings. The zero-order valence-corrected chi connectivity index (χ0v) is 8.66. The maximum absolute atomic E-state index is 10.4. The Morgan fingerprint density at radius 1 is 1.71 bits per heavy atom. The van der Waals surface area contributed by atoms with Crippen LogP contribution in [-0.2, 0) is 9.53 Å². The molecule has 0 bridgehead atoms. The van der Waals surface area contributed by atoms with Gasteiger partial charge in [-0.15, -0.1) is 0 Å². The topological polar surface area (TPSA) is 67.6 Å². The lowest BCUT2D eigenvalue weighted by atomic mass is 10.3. The monoisotopic (exact) mass is 201 g/mol. The van der Waals surface area contributed by atoms with Gasteiger partial charge in [0.15, 0.2) is 0 Å². The number of morpholine rings is 1. The molecule has 5 heteroatoms. The normalized spacial score (nSPS) is 23.6. The summed E-state index contributed by atoms with van der Waals surface area (Å²) in [6.07, 6.45) is 0.629. The number of carbonyl (C=O) groups is 1. The van der Waals surface area contributed by atoms with Crippen molar-refractivity contribution in [3.8, 4) is 0 Å². The molecule has 82 valence electrons. The lowest BCUT2D eigenvalue weighted by Gasteiger charge is -2.30. The summed E-state index contributed by atoms with van der Waals surface area (Å²) in [4.78, 5) is 12.7. The number of ether oxygens (including phenoxy) is 1. The van der Waals surface area contributed by atoms with E-state index >= 15 is 0 Å². The van der Waals surface area contributed by atoms with E-state index in [4.69, 9.17) is 10.5 Å². The Kier molecular flexibility index (Phi) is 4.86. The Balaban J connectivity index is 2.03. The maximum Gasteiger partial charge on any atom is 0.218 e. The zero-order valence-electron chi connectivity index (χ0n) is 8.66. The number of rotatable bonds is 5. The Morgan fingerprint density at radius 3 is 3.14 bits per heavy atom. The Hall–Kier alpha value is -0.650. The number of amides is 1. The second-order valence-electron chi connectivity index (χ2n) is 3.68. The number of likely N-dealkylation sites (N-methyl/N-ethyl adjacent to an activating group) is 1. The van der Waals surface area contributed by atoms with Gasteiger partial charge in [-0.2, -0.15) is 0 Å². The van der Waals surface area contributed by atoms with Crippen molar-refractivity contribution in [3.05, 3.63) is 0 Å². The minimum atomic E-state index is -0.265. The highest BCUT2D eigenvalue weighted by Gasteiger charge is 2.16. The van der Waals surface area contributed by atoms with Crippen molar-refractivity contribution < 1.29 is 9.53 Å². The van der Waals surface area contributed by atoms with Crippen molar-refractivity contribution in [2.24, 2.45) is 5.73 Å². The van der Waals surface area contributed by atoms with Crippen LogP contribution in [0.1, 0.15) is 6.42 Å². The Labute approximate surface area is 84.6 Å². The van der Waals surface area contributed by atoms with Crippen LogP contribution in [0.2, 0.25) is 0 Å². The van der Waals surface area contributed by atoms with Gasteiger partial charge in [0.2, 0.25) is 5.91 Å². The third-order valence-electron chi connectivity index (χ3n) is 2.26. The summed E-state index contributed by atoms with van der Waals surface area (Å²) in [5.41, 5.74) is 5.02. The van der Waals surface area contributed by atoms with Crippen molar-refractivity contribution in [1.82, 2.24) is 10.2 Å². The number of primary amides is 1. The van der Waals surface area contributed by atoms with Crippen LogP contribution in [0.3, 0.4) is 0 Å². The molecule has 1 heterocycles. The van der Waals surface area contributed by atoms with Crippen LogP contribution in [0.5, 0.6) is 0 Å². The molecule has 1 atom stereocenters. The molecule has 1 rings (SSSR count). The highest BCUT2D eigenvalue weighted by molar-refractivity contribution is 5.73. The quantitative estimate of drug-likeness (QED) is 0.547. The molecule has 0 radical (unpaired) electrons. The van der Waals surface area contributed by atoms with Gasteiger partial charge in [-0.3, -0.25) is 4.79 Å². The van der Waals surface area contributed by atoms with E-state index in [2.05, 4.69) is 17.3 Å². The van der Waals surface area contributed by atoms with Crippen LogP contribution in [0.4, 0.5) is 0 Å². The summed E-state index contributed by atoms with van der Waals surface area (Å²) in [5, 5.41) is 3.15. The fourth-order valence-corrected chi connectivity index (χ4v) is 1.46. The molecule has 5 nitrogen and oxygen atoms in total. The molecular formula is C9H19N3O2. The standard InChI is InChI=1S/C9H19N3O2/c1-12-4-5-14-8(7-12)6-11-3-2-9(10)13/h8,11H,2-7H2,1H3,(H2,10,13). The SMILES string of the molecule is CN1CCOC(CNCCC(N)=O)C1. The predicted octanol–water partition coefficient (Wildman–Crippen LogP) is -1.22. The number of carbonyl (C=O) groups excluding carboxylic acids is 1. The van der Waals surface area contributed by atoms with Crippen LogP contribution < -0.4 is 11.1 Å². The Bertz CT molecular complexity index is 187. The minimum Gasteiger partial charge on any atom is -0.374 e. The van der Waals surface area contributed by atoms with E-state index in [1.165, 1.54) is 0 Å². The van der Waals surface area contributed by atoms with E-state index in [1.807, 2.05) is 0 Å². The predicted molar refractivity (Wildman–Crippen MR) is 53.9 cm³/mol. The van der Waals surface area contributed by atoms with Gasteiger partial charge in [0.05, 0.1) is 12.7 Å². The van der Waals surface area contributed by atoms with Crippen molar-refractivity contribution in [2.45, 2.75) is 12.5 Å². The number of hydrogen-bond donors (Lipinski definition) is 2. The van der Waals surface area contributed by atoms with E-state index in [0.29, 0.717) is 13.0 Å². The first-order chi connectivity index (χ1) is 6.68. The summed E-state index contributed by atoms with van der Waals surface area (Å²) in [6.45, 7) is 4.16. The molecule has 0 saturated carbocycles. The molecule has 1 aliphatic rings. The maximum atomic E-state index is 10.4. The van der Waals surface area contributed by atoms with Crippen molar-refractivity contribution in [2.75, 3.05) is 39.8 Å². The van der Waals surface area contributed by atoms with Crippen LogP contribution in [0, 0.1) is 0 Å². The summed E-state index contributed by atoms with van der Waals surface area (Å²) < 4.78 is 5.54. The lowest BCUT2D eigenvalue weighted by Crippen LogP contribution is -2.45. The molecule has 0 spiro atoms. The van der Waals surface area contributed by atoms with Gasteiger partial charge in [-0.05, 0) is 7.05 Å². The van der Waals surface area contributed by atoms with Gasteiger partial charge in [-0.25, -0.2) is 0 Å². The van der Waals surface area contributed by atoms with Crippen LogP contribution >= 0.6 is 0 Å². The van der Waals surface area contributed by atoms with Gasteiger partial charge in [0.1, 0.15) is 0 Å². The van der Waals surface area contributed by atoms with Gasteiger partial charge >= 0.3 is 0 Å². The lowest BCUT2D eigenvalue weighted by molar-refractivity contribution is -0.117. The van der Waals surface area contributed by atoms with Crippen molar-refractivity contribution >= 4 is 5.91 Å². The largest absolute Gasteiger partial charge is 0.374 e. The molecule has 3 N–H and O–H groups in total. The molecule has 1 saturated heterocycles. The average molecular weight is 201 g/mol. The molecular weight excluding hydrogens is 182 g/mol. The van der Waals surface area contributed by atoms with Crippen molar-refractivity contribution in [1.29, 1.82) is 0 Å². The number of nitrogens with zero attached hydrogens (tertiary/aromatic N) is 1. The van der Waals surface area contributed by atoms with Gasteiger partial charge < -0.3 is 20.7 Å². The van der Waals surface area contributed by atoms with Gasteiger partial charge in [0, 0.05) is 32.6 Å². The third-order valence-corrected chi connectivity index (χ3v) is 2.26. The van der Waals surface area contributed by atoms with E-state index in [0.717, 1.165) is 26.2 Å². The third kappa shape index (κ3) is 4.55. The molecule has 0 aromatic heterocycles. The van der Waals surface area contributed by atoms with Crippen molar-refractivity contribution in [3.63, 3.8) is 0 Å². The zero-order chi connectivity index (χ0) is 10.4. The number of nitrogens with one attached hydrogen (secondary N) is 1. The van der Waals surface area contributed by atoms with E-state index in [-0.39, 0.29) is 12.0 Å². The first-order valence-corrected chi connectivity index (χ1v) is 4.97. The molecule has 0 aromatic carbocycles. The fraction of sp³-hybridized carbons (Fsp3) is 0.889. The molecule has 1 unspecified atom stereocenters. The van der Waals surface area contributed by atoms with Gasteiger partial charge in [-0.1, -0.05) is 0 Å². The molecule has 14 heavy (non-hydrogen) atoms. The van der Waals surface area contributed by atoms with Crippen LogP contribution in [0.25, 0.3) is 0 Å². The van der Waals surface area contributed by atoms with E-state index in [9.17, 15) is 4.79 Å². The summed E-state index contributed by atoms with van der Waals surface area (Å²) in [5.74, 6) is -0.265. The average Bonchev–Trinajstić information content (AvgIpc) is 2.12. The highest BCUT2D eigenvalue weighted by Crippen LogP contribution is 2.01. The van der Waals surface area contributed by atoms with Gasteiger partial charge in [0.25, 0.3) is 0 Å². The highest BCUT2D eigenvalue weighted by atomic mass is 16.5. The molecule has 0 aliphatic carbocycles. The molecule has 1 amide bonds. The number of nitrogens with two attached hydrogens (primary N) is 1. The van der Waals surface area contributed by atoms with E-state index in [1.54, 1.807) is 0 Å². The first-order valence-electron chi connectivity index (χ1n) is 4.97. The second kappa shape index (κ2) is 5.95. The van der Waals surface area contributed by atoms with E-state index < -0.39 is 0 Å². The minimum absolute atomic E-state index is 0.238. The summed E-state index contributed by atoms with van der Waals surface area (Å²) in [6, 6.07) is 0. The fourth-order valence-electron chi connectivity index (χ4n) is 1.46. The van der Waals surface area contributed by atoms with Crippen LogP contribution in [0.15, 0.2) is 0 Å². The molecule has 0 aromatic rings. The smallest absolute Gasteiger partial charge is 0.218 e. The van der Waals surface area contributed by atoms with Crippen LogP contribution in [-0.4, -0.2) is 56.7 Å². The summed E-state index contributed by atoms with van der Waals surface area (Å²) >= 11 is 0. The summed E-state index contributed by atoms with van der Waals surface area (Å²) in [7, 11) is 2.08. The Morgan fingerprint density at radius 2 is 2.50 bits per heavy atom. The number of hydrogen-bond acceptors (Lipinski definition) is 4. The molecule has 1 aliphatic heterocycles. The second-order valence-corrected chi connectivity index (χ2v) is 3.68.